The molecular formula is C39H28N2S. The first-order valence-corrected chi connectivity index (χ1v) is 15.5. The van der Waals surface area contributed by atoms with Crippen molar-refractivity contribution in [3.63, 3.8) is 0 Å². The number of hydrogen-bond donors (Lipinski definition) is 0. The third-order valence-electron chi connectivity index (χ3n) is 9.41. The van der Waals surface area contributed by atoms with E-state index in [2.05, 4.69) is 174 Å². The Kier molecular flexibility index (Phi) is 5.12. The molecule has 2 nitrogen and oxygen atoms in total. The number of rotatable bonds is 4. The van der Waals surface area contributed by atoms with Gasteiger partial charge in [0.05, 0.1) is 11.0 Å². The second kappa shape index (κ2) is 8.95. The van der Waals surface area contributed by atoms with E-state index in [1.165, 1.54) is 38.9 Å². The molecule has 0 N–H and O–H groups in total. The van der Waals surface area contributed by atoms with E-state index in [1.54, 1.807) is 0 Å². The van der Waals surface area contributed by atoms with Crippen LogP contribution in [0.3, 0.4) is 0 Å². The van der Waals surface area contributed by atoms with Crippen molar-refractivity contribution in [3.8, 4) is 0 Å². The lowest BCUT2D eigenvalue weighted by Gasteiger charge is -2.40. The highest BCUT2D eigenvalue weighted by molar-refractivity contribution is 8.02. The highest BCUT2D eigenvalue weighted by Gasteiger charge is 2.73. The summed E-state index contributed by atoms with van der Waals surface area (Å²) in [5, 5.41) is 0. The van der Waals surface area contributed by atoms with Gasteiger partial charge in [-0.3, -0.25) is 0 Å². The standard InChI is InChI=1S/C39H28N2S/c1-5-15-27(16-6-1)35(28-17-7-2-8-18-28)31-25-26-32-36(31)39(30-21-11-4-12-22-30)41-34-24-14-13-23-33(34)40-37(41)38(32,42-39)29-19-9-3-10-20-29/h1-26,32,36H/t32-,36-,38+,39+/m0/s1. The van der Waals surface area contributed by atoms with Crippen LogP contribution in [0.2, 0.25) is 0 Å². The Hall–Kier alpha value is -4.60. The number of imidazole rings is 1. The molecule has 1 saturated heterocycles. The Morgan fingerprint density at radius 3 is 1.81 bits per heavy atom. The zero-order valence-electron chi connectivity index (χ0n) is 23.0. The van der Waals surface area contributed by atoms with Gasteiger partial charge in [-0.15, -0.1) is 11.8 Å². The molecule has 200 valence electrons. The van der Waals surface area contributed by atoms with Crippen molar-refractivity contribution in [3.05, 3.63) is 191 Å². The average Bonchev–Trinajstić information content (AvgIpc) is 3.81. The van der Waals surface area contributed by atoms with Crippen LogP contribution in [0, 0.1) is 11.8 Å². The number of benzene rings is 5. The molecule has 0 radical (unpaired) electrons. The molecule has 0 unspecified atom stereocenters. The summed E-state index contributed by atoms with van der Waals surface area (Å²) in [7, 11) is 0. The first-order valence-electron chi connectivity index (χ1n) is 14.7. The highest BCUT2D eigenvalue weighted by Crippen LogP contribution is 2.77. The van der Waals surface area contributed by atoms with Gasteiger partial charge in [0.1, 0.15) is 15.4 Å². The quantitative estimate of drug-likeness (QED) is 0.216. The molecule has 2 bridgehead atoms. The number of hydrogen-bond acceptors (Lipinski definition) is 2. The Bertz CT molecular complexity index is 1970. The summed E-state index contributed by atoms with van der Waals surface area (Å²) in [6, 6.07) is 52.9. The van der Waals surface area contributed by atoms with Crippen molar-refractivity contribution in [2.75, 3.05) is 0 Å². The minimum atomic E-state index is -0.374. The molecule has 0 saturated carbocycles. The van der Waals surface area contributed by atoms with Gasteiger partial charge < -0.3 is 4.57 Å². The Balaban J connectivity index is 1.43. The number of allylic oxidation sites excluding steroid dienone is 3. The van der Waals surface area contributed by atoms with Crippen molar-refractivity contribution in [2.45, 2.75) is 9.62 Å². The third kappa shape index (κ3) is 3.04. The second-order valence-corrected chi connectivity index (χ2v) is 12.9. The van der Waals surface area contributed by atoms with E-state index in [0.717, 1.165) is 11.3 Å². The zero-order valence-corrected chi connectivity index (χ0v) is 23.8. The third-order valence-corrected chi connectivity index (χ3v) is 11.4. The molecule has 0 spiro atoms. The van der Waals surface area contributed by atoms with Gasteiger partial charge in [0.15, 0.2) is 0 Å². The van der Waals surface area contributed by atoms with Crippen molar-refractivity contribution in [1.29, 1.82) is 0 Å². The maximum Gasteiger partial charge on any atom is 0.132 e. The number of thioether (sulfide) groups is 1. The van der Waals surface area contributed by atoms with Crippen LogP contribution in [0.25, 0.3) is 16.6 Å². The molecule has 1 aliphatic carbocycles. The lowest BCUT2D eigenvalue weighted by atomic mass is 9.69. The summed E-state index contributed by atoms with van der Waals surface area (Å²) in [6.07, 6.45) is 4.94. The van der Waals surface area contributed by atoms with E-state index in [-0.39, 0.29) is 21.5 Å². The van der Waals surface area contributed by atoms with Crippen molar-refractivity contribution < 1.29 is 0 Å². The lowest BCUT2D eigenvalue weighted by molar-refractivity contribution is 0.281. The first-order chi connectivity index (χ1) is 20.8. The molecule has 1 aromatic heterocycles. The smallest absolute Gasteiger partial charge is 0.132 e. The van der Waals surface area contributed by atoms with E-state index < -0.39 is 0 Å². The molecule has 4 atom stereocenters. The van der Waals surface area contributed by atoms with Crippen molar-refractivity contribution in [1.82, 2.24) is 9.55 Å². The predicted molar refractivity (Wildman–Crippen MR) is 173 cm³/mol. The van der Waals surface area contributed by atoms with Gasteiger partial charge in [0, 0.05) is 11.8 Å². The van der Waals surface area contributed by atoms with Crippen LogP contribution < -0.4 is 0 Å². The Morgan fingerprint density at radius 1 is 0.619 bits per heavy atom. The van der Waals surface area contributed by atoms with Crippen LogP contribution in [0.4, 0.5) is 0 Å². The fourth-order valence-corrected chi connectivity index (χ4v) is 10.1. The largest absolute Gasteiger partial charge is 0.306 e. The minimum Gasteiger partial charge on any atom is -0.306 e. The first kappa shape index (κ1) is 24.0. The van der Waals surface area contributed by atoms with Gasteiger partial charge in [-0.25, -0.2) is 4.98 Å². The molecule has 3 heterocycles. The zero-order chi connectivity index (χ0) is 27.7. The number of aromatic nitrogens is 2. The summed E-state index contributed by atoms with van der Waals surface area (Å²) in [4.78, 5) is 5.06. The predicted octanol–water partition coefficient (Wildman–Crippen LogP) is 9.05. The Labute approximate surface area is 250 Å². The molecule has 5 aromatic carbocycles. The van der Waals surface area contributed by atoms with E-state index in [0.29, 0.717) is 0 Å². The maximum atomic E-state index is 5.43. The van der Waals surface area contributed by atoms with Gasteiger partial charge in [0.2, 0.25) is 0 Å². The summed E-state index contributed by atoms with van der Waals surface area (Å²) in [6.45, 7) is 0. The summed E-state index contributed by atoms with van der Waals surface area (Å²) in [5.41, 5.74) is 10.1. The van der Waals surface area contributed by atoms with Gasteiger partial charge in [-0.2, -0.15) is 0 Å². The molecule has 2 aliphatic heterocycles. The highest BCUT2D eigenvalue weighted by atomic mass is 32.2. The second-order valence-electron chi connectivity index (χ2n) is 11.5. The summed E-state index contributed by atoms with van der Waals surface area (Å²) >= 11 is 2.10. The Morgan fingerprint density at radius 2 is 1.17 bits per heavy atom. The van der Waals surface area contributed by atoms with Crippen molar-refractivity contribution in [2.24, 2.45) is 11.8 Å². The lowest BCUT2D eigenvalue weighted by Crippen LogP contribution is -2.43. The van der Waals surface area contributed by atoms with Gasteiger partial charge in [0.25, 0.3) is 0 Å². The van der Waals surface area contributed by atoms with Gasteiger partial charge in [-0.1, -0.05) is 146 Å². The topological polar surface area (TPSA) is 17.8 Å². The molecule has 1 fully saturated rings. The van der Waals surface area contributed by atoms with E-state index in [4.69, 9.17) is 4.98 Å². The van der Waals surface area contributed by atoms with Gasteiger partial charge in [-0.05, 0) is 45.5 Å². The monoisotopic (exact) mass is 556 g/mol. The normalized spacial score (nSPS) is 25.1. The van der Waals surface area contributed by atoms with Crippen LogP contribution in [0.15, 0.2) is 163 Å². The fourth-order valence-electron chi connectivity index (χ4n) is 7.87. The summed E-state index contributed by atoms with van der Waals surface area (Å²) < 4.78 is 2.29. The number of para-hydroxylation sites is 2. The van der Waals surface area contributed by atoms with E-state index in [9.17, 15) is 0 Å². The molecule has 3 heteroatoms. The van der Waals surface area contributed by atoms with Crippen LogP contribution in [0.5, 0.6) is 0 Å². The molecule has 42 heavy (non-hydrogen) atoms. The number of fused-ring (bicyclic) bond motifs is 10. The van der Waals surface area contributed by atoms with Crippen LogP contribution >= 0.6 is 11.8 Å². The van der Waals surface area contributed by atoms with Crippen LogP contribution in [-0.4, -0.2) is 9.55 Å². The van der Waals surface area contributed by atoms with Crippen LogP contribution in [-0.2, 0) is 9.62 Å². The molecule has 3 aliphatic rings. The summed E-state index contributed by atoms with van der Waals surface area (Å²) in [5.74, 6) is 1.61. The maximum absolute atomic E-state index is 5.43. The molecule has 9 rings (SSSR count). The van der Waals surface area contributed by atoms with Gasteiger partial charge >= 0.3 is 0 Å². The fraction of sp³-hybridized carbons (Fsp3) is 0.103. The number of nitrogens with zero attached hydrogens (tertiary/aromatic N) is 2. The molecule has 0 amide bonds. The van der Waals surface area contributed by atoms with Crippen molar-refractivity contribution >= 4 is 28.4 Å². The SMILES string of the molecule is C1=C[C@H]2[C@H](C1=C(c1ccccc1)c1ccccc1)[C@@]1(c3ccccc3)S[C@@]2(c2ccccc2)c2nc3ccccc3n21. The molecular weight excluding hydrogens is 529 g/mol. The average molecular weight is 557 g/mol. The van der Waals surface area contributed by atoms with E-state index in [1.807, 2.05) is 0 Å². The van der Waals surface area contributed by atoms with Crippen LogP contribution in [0.1, 0.15) is 28.1 Å². The minimum absolute atomic E-state index is 0.200. The molecule has 6 aromatic rings. The van der Waals surface area contributed by atoms with E-state index >= 15 is 0 Å².